The van der Waals surface area contributed by atoms with E-state index >= 15 is 0 Å². The molecular weight excluding hydrogens is 354 g/mol. The molecule has 1 unspecified atom stereocenters. The number of hydrogen-bond donors (Lipinski definition) is 2. The number of nitrogens with one attached hydrogen (secondary N) is 2. The summed E-state index contributed by atoms with van der Waals surface area (Å²) in [7, 11) is 0. The van der Waals surface area contributed by atoms with E-state index in [9.17, 15) is 10.1 Å². The number of nitrogens with zero attached hydrogens (tertiary/aromatic N) is 3. The van der Waals surface area contributed by atoms with Crippen LogP contribution in [0.15, 0.2) is 12.1 Å². The Balaban J connectivity index is 2.48. The number of aromatic nitrogens is 2. The van der Waals surface area contributed by atoms with E-state index in [1.165, 1.54) is 0 Å². The van der Waals surface area contributed by atoms with Crippen LogP contribution in [0, 0.1) is 37.8 Å². The highest BCUT2D eigenvalue weighted by atomic mass is 16.6. The summed E-state index contributed by atoms with van der Waals surface area (Å²) in [5.41, 5.74) is 3.92. The minimum Gasteiger partial charge on any atom is -0.361 e. The van der Waals surface area contributed by atoms with E-state index in [-0.39, 0.29) is 23.4 Å². The van der Waals surface area contributed by atoms with E-state index in [0.717, 1.165) is 48.1 Å². The average Bonchev–Trinajstić information content (AvgIpc) is 2.60. The smallest absolute Gasteiger partial charge is 0.353 e. The van der Waals surface area contributed by atoms with Gasteiger partial charge in [0.2, 0.25) is 11.6 Å². The van der Waals surface area contributed by atoms with Gasteiger partial charge in [0.25, 0.3) is 0 Å². The third-order valence-electron chi connectivity index (χ3n) is 4.84. The Morgan fingerprint density at radius 2 is 1.68 bits per heavy atom. The maximum absolute atomic E-state index is 11.9. The first-order valence-electron chi connectivity index (χ1n) is 9.91. The summed E-state index contributed by atoms with van der Waals surface area (Å²) >= 11 is 0. The second-order valence-corrected chi connectivity index (χ2v) is 7.36. The Morgan fingerprint density at radius 3 is 2.21 bits per heavy atom. The number of nitro groups is 1. The second-order valence-electron chi connectivity index (χ2n) is 7.36. The van der Waals surface area contributed by atoms with Crippen LogP contribution in [0.4, 0.5) is 23.0 Å². The highest BCUT2D eigenvalue weighted by Gasteiger charge is 2.26. The molecule has 7 nitrogen and oxygen atoms in total. The van der Waals surface area contributed by atoms with E-state index in [2.05, 4.69) is 34.4 Å². The van der Waals surface area contributed by atoms with Gasteiger partial charge in [0.05, 0.1) is 4.92 Å². The Labute approximate surface area is 167 Å². The third kappa shape index (κ3) is 5.18. The minimum atomic E-state index is -0.407. The van der Waals surface area contributed by atoms with Crippen molar-refractivity contribution in [1.29, 1.82) is 0 Å². The van der Waals surface area contributed by atoms with Crippen molar-refractivity contribution >= 4 is 23.0 Å². The summed E-state index contributed by atoms with van der Waals surface area (Å²) in [4.78, 5) is 20.2. The molecule has 2 N–H and O–H groups in total. The molecule has 0 radical (unpaired) electrons. The van der Waals surface area contributed by atoms with Crippen molar-refractivity contribution < 1.29 is 4.92 Å². The van der Waals surface area contributed by atoms with Gasteiger partial charge in [-0.05, 0) is 51.7 Å². The molecule has 152 valence electrons. The van der Waals surface area contributed by atoms with Crippen LogP contribution in [0.3, 0.4) is 0 Å². The van der Waals surface area contributed by atoms with Crippen molar-refractivity contribution in [3.05, 3.63) is 44.8 Å². The SMILES string of the molecule is CCCCC(CC)Nc1nc(C)nc(Nc2c(C)cc(C)cc2C)c1[N+](=O)[O-]. The summed E-state index contributed by atoms with van der Waals surface area (Å²) < 4.78 is 0. The molecular formula is C21H31N5O2. The van der Waals surface area contributed by atoms with Gasteiger partial charge in [-0.25, -0.2) is 9.97 Å². The molecule has 0 spiro atoms. The molecule has 0 saturated carbocycles. The van der Waals surface area contributed by atoms with Gasteiger partial charge in [0.1, 0.15) is 5.82 Å². The van der Waals surface area contributed by atoms with E-state index in [1.807, 2.05) is 32.9 Å². The molecule has 1 aromatic carbocycles. The molecule has 28 heavy (non-hydrogen) atoms. The van der Waals surface area contributed by atoms with Gasteiger partial charge in [-0.15, -0.1) is 0 Å². The zero-order valence-electron chi connectivity index (χ0n) is 17.7. The monoisotopic (exact) mass is 385 g/mol. The highest BCUT2D eigenvalue weighted by molar-refractivity contribution is 5.76. The van der Waals surface area contributed by atoms with E-state index in [4.69, 9.17) is 0 Å². The molecule has 7 heteroatoms. The van der Waals surface area contributed by atoms with Crippen LogP contribution in [0.2, 0.25) is 0 Å². The fraction of sp³-hybridized carbons (Fsp3) is 0.524. The van der Waals surface area contributed by atoms with Crippen LogP contribution in [-0.4, -0.2) is 20.9 Å². The van der Waals surface area contributed by atoms with Crippen LogP contribution in [0.5, 0.6) is 0 Å². The largest absolute Gasteiger partial charge is 0.361 e. The summed E-state index contributed by atoms with van der Waals surface area (Å²) in [6.45, 7) is 12.0. The number of aryl methyl sites for hydroxylation is 4. The predicted octanol–water partition coefficient (Wildman–Crippen LogP) is 5.74. The Morgan fingerprint density at radius 1 is 1.07 bits per heavy atom. The quantitative estimate of drug-likeness (QED) is 0.422. The van der Waals surface area contributed by atoms with E-state index < -0.39 is 4.92 Å². The second kappa shape index (κ2) is 9.48. The van der Waals surface area contributed by atoms with Gasteiger partial charge in [-0.3, -0.25) is 10.1 Å². The van der Waals surface area contributed by atoms with Gasteiger partial charge in [-0.1, -0.05) is 44.4 Å². The lowest BCUT2D eigenvalue weighted by Crippen LogP contribution is -2.21. The zero-order chi connectivity index (χ0) is 20.8. The summed E-state index contributed by atoms with van der Waals surface area (Å²) in [6.07, 6.45) is 3.98. The van der Waals surface area contributed by atoms with Gasteiger partial charge < -0.3 is 10.6 Å². The van der Waals surface area contributed by atoms with E-state index in [0.29, 0.717) is 5.82 Å². The topological polar surface area (TPSA) is 93.0 Å². The molecule has 2 rings (SSSR count). The fourth-order valence-electron chi connectivity index (χ4n) is 3.45. The molecule has 0 aliphatic carbocycles. The van der Waals surface area contributed by atoms with Crippen molar-refractivity contribution in [2.45, 2.75) is 73.3 Å². The number of benzene rings is 1. The first kappa shape index (κ1) is 21.6. The minimum absolute atomic E-state index is 0.111. The molecule has 2 aromatic rings. The summed E-state index contributed by atoms with van der Waals surface area (Å²) in [6, 6.07) is 4.24. The zero-order valence-corrected chi connectivity index (χ0v) is 17.7. The normalized spacial score (nSPS) is 11.9. The molecule has 1 aromatic heterocycles. The number of hydrogen-bond acceptors (Lipinski definition) is 6. The Kier molecular flexibility index (Phi) is 7.31. The molecule has 1 atom stereocenters. The lowest BCUT2D eigenvalue weighted by atomic mass is 10.1. The molecule has 0 aliphatic heterocycles. The first-order valence-corrected chi connectivity index (χ1v) is 9.91. The van der Waals surface area contributed by atoms with Crippen molar-refractivity contribution in [3.8, 4) is 0 Å². The van der Waals surface area contributed by atoms with Crippen LogP contribution >= 0.6 is 0 Å². The maximum atomic E-state index is 11.9. The molecule has 0 saturated heterocycles. The molecule has 0 amide bonds. The predicted molar refractivity (Wildman–Crippen MR) is 115 cm³/mol. The van der Waals surface area contributed by atoms with E-state index in [1.54, 1.807) is 6.92 Å². The van der Waals surface area contributed by atoms with Gasteiger partial charge in [-0.2, -0.15) is 0 Å². The van der Waals surface area contributed by atoms with Gasteiger partial charge in [0, 0.05) is 11.7 Å². The number of rotatable bonds is 9. The van der Waals surface area contributed by atoms with Crippen LogP contribution in [-0.2, 0) is 0 Å². The van der Waals surface area contributed by atoms with Crippen molar-refractivity contribution in [2.75, 3.05) is 10.6 Å². The van der Waals surface area contributed by atoms with Crippen molar-refractivity contribution in [3.63, 3.8) is 0 Å². The third-order valence-corrected chi connectivity index (χ3v) is 4.84. The maximum Gasteiger partial charge on any atom is 0.353 e. The highest BCUT2D eigenvalue weighted by Crippen LogP contribution is 2.35. The van der Waals surface area contributed by atoms with Gasteiger partial charge in [0.15, 0.2) is 0 Å². The Hall–Kier alpha value is -2.70. The van der Waals surface area contributed by atoms with Crippen LogP contribution < -0.4 is 10.6 Å². The first-order chi connectivity index (χ1) is 13.3. The summed E-state index contributed by atoms with van der Waals surface area (Å²) in [5, 5.41) is 18.4. The van der Waals surface area contributed by atoms with Crippen LogP contribution in [0.1, 0.15) is 62.0 Å². The lowest BCUT2D eigenvalue weighted by molar-refractivity contribution is -0.383. The molecule has 0 bridgehead atoms. The number of unbranched alkanes of at least 4 members (excludes halogenated alkanes) is 1. The molecule has 0 aliphatic rings. The average molecular weight is 386 g/mol. The fourth-order valence-corrected chi connectivity index (χ4v) is 3.45. The standard InChI is InChI=1S/C21H31N5O2/c1-7-9-10-17(8-2)24-20-19(26(27)28)21(23-16(6)22-20)25-18-14(4)11-13(3)12-15(18)5/h11-12,17H,7-10H2,1-6H3,(H2,22,23,24,25). The molecule has 1 heterocycles. The van der Waals surface area contributed by atoms with Crippen molar-refractivity contribution in [2.24, 2.45) is 0 Å². The Bertz CT molecular complexity index is 828. The van der Waals surface area contributed by atoms with Gasteiger partial charge >= 0.3 is 5.69 Å². The van der Waals surface area contributed by atoms with Crippen LogP contribution in [0.25, 0.3) is 0 Å². The number of anilines is 3. The summed E-state index contributed by atoms with van der Waals surface area (Å²) in [5.74, 6) is 0.995. The molecule has 0 fully saturated rings. The van der Waals surface area contributed by atoms with Crippen molar-refractivity contribution in [1.82, 2.24) is 9.97 Å². The lowest BCUT2D eigenvalue weighted by Gasteiger charge is -2.19.